The normalized spacial score (nSPS) is 13.8. The lowest BCUT2D eigenvalue weighted by molar-refractivity contribution is -0.159. The van der Waals surface area contributed by atoms with Crippen LogP contribution in [0.3, 0.4) is 0 Å². The SMILES string of the molecule is CCOC(=O)C(O)C(O)c1ccc(NC(=O)OC(C)(C)C)c(F)c1. The third-order valence-corrected chi connectivity index (χ3v) is 2.80. The van der Waals surface area contributed by atoms with Gasteiger partial charge in [0.1, 0.15) is 17.5 Å². The van der Waals surface area contributed by atoms with E-state index < -0.39 is 35.7 Å². The number of ether oxygens (including phenoxy) is 2. The zero-order valence-electron chi connectivity index (χ0n) is 14.0. The molecule has 8 heteroatoms. The summed E-state index contributed by atoms with van der Waals surface area (Å²) in [7, 11) is 0. The molecule has 0 saturated carbocycles. The van der Waals surface area contributed by atoms with Crippen LogP contribution in [0.5, 0.6) is 0 Å². The number of amides is 1. The molecule has 0 aromatic heterocycles. The highest BCUT2D eigenvalue weighted by Crippen LogP contribution is 2.23. The summed E-state index contributed by atoms with van der Waals surface area (Å²) in [5.41, 5.74) is -0.936. The maximum absolute atomic E-state index is 14.0. The zero-order valence-corrected chi connectivity index (χ0v) is 14.0. The second-order valence-electron chi connectivity index (χ2n) is 6.01. The lowest BCUT2D eigenvalue weighted by Crippen LogP contribution is -2.30. The summed E-state index contributed by atoms with van der Waals surface area (Å²) in [5.74, 6) is -1.87. The van der Waals surface area contributed by atoms with Crippen molar-refractivity contribution in [3.8, 4) is 0 Å². The second-order valence-corrected chi connectivity index (χ2v) is 6.01. The maximum Gasteiger partial charge on any atom is 0.412 e. The number of aliphatic hydroxyl groups is 2. The molecule has 1 amide bonds. The molecule has 7 nitrogen and oxygen atoms in total. The van der Waals surface area contributed by atoms with Gasteiger partial charge in [-0.25, -0.2) is 14.0 Å². The van der Waals surface area contributed by atoms with Gasteiger partial charge in [-0.05, 0) is 45.4 Å². The molecule has 2 atom stereocenters. The van der Waals surface area contributed by atoms with E-state index in [9.17, 15) is 24.2 Å². The molecule has 0 bridgehead atoms. The molecule has 1 aromatic carbocycles. The summed E-state index contributed by atoms with van der Waals surface area (Å²) in [6.45, 7) is 6.58. The molecule has 3 N–H and O–H groups in total. The van der Waals surface area contributed by atoms with Crippen molar-refractivity contribution in [3.05, 3.63) is 29.6 Å². The second kappa shape index (κ2) is 8.07. The first-order valence-electron chi connectivity index (χ1n) is 7.37. The van der Waals surface area contributed by atoms with Crippen LogP contribution in [0.2, 0.25) is 0 Å². The monoisotopic (exact) mass is 343 g/mol. The van der Waals surface area contributed by atoms with Crippen LogP contribution >= 0.6 is 0 Å². The number of hydrogen-bond donors (Lipinski definition) is 3. The molecule has 0 spiro atoms. The van der Waals surface area contributed by atoms with Crippen molar-refractivity contribution in [2.24, 2.45) is 0 Å². The van der Waals surface area contributed by atoms with Crippen molar-refractivity contribution >= 4 is 17.7 Å². The number of halogens is 1. The Bertz CT molecular complexity index is 599. The van der Waals surface area contributed by atoms with Gasteiger partial charge in [-0.3, -0.25) is 5.32 Å². The van der Waals surface area contributed by atoms with E-state index in [4.69, 9.17) is 4.74 Å². The zero-order chi connectivity index (χ0) is 18.5. The first-order valence-corrected chi connectivity index (χ1v) is 7.37. The smallest absolute Gasteiger partial charge is 0.412 e. The van der Waals surface area contributed by atoms with E-state index in [1.807, 2.05) is 0 Å². The lowest BCUT2D eigenvalue weighted by Gasteiger charge is -2.20. The van der Waals surface area contributed by atoms with Crippen LogP contribution in [0.15, 0.2) is 18.2 Å². The first kappa shape index (κ1) is 19.9. The topological polar surface area (TPSA) is 105 Å². The summed E-state index contributed by atoms with van der Waals surface area (Å²) in [5, 5.41) is 21.8. The minimum atomic E-state index is -1.84. The van der Waals surface area contributed by atoms with Gasteiger partial charge in [0.15, 0.2) is 6.10 Å². The van der Waals surface area contributed by atoms with Crippen LogP contribution < -0.4 is 5.32 Å². The van der Waals surface area contributed by atoms with Crippen LogP contribution in [0.1, 0.15) is 39.4 Å². The van der Waals surface area contributed by atoms with Crippen molar-refractivity contribution in [1.82, 2.24) is 0 Å². The molecule has 0 fully saturated rings. The standard InChI is InChI=1S/C16H22FNO6/c1-5-23-14(21)13(20)12(19)9-6-7-11(10(17)8-9)18-15(22)24-16(2,3)4/h6-8,12-13,19-20H,5H2,1-4H3,(H,18,22). The van der Waals surface area contributed by atoms with E-state index in [1.54, 1.807) is 27.7 Å². The van der Waals surface area contributed by atoms with E-state index in [1.165, 1.54) is 12.1 Å². The minimum absolute atomic E-state index is 0.0374. The van der Waals surface area contributed by atoms with Crippen molar-refractivity contribution < 1.29 is 33.7 Å². The Morgan fingerprint density at radius 2 is 1.92 bits per heavy atom. The van der Waals surface area contributed by atoms with Gasteiger partial charge in [0.25, 0.3) is 0 Å². The molecule has 1 aromatic rings. The fraction of sp³-hybridized carbons (Fsp3) is 0.500. The van der Waals surface area contributed by atoms with E-state index in [-0.39, 0.29) is 17.9 Å². The molecule has 0 radical (unpaired) electrons. The molecule has 0 heterocycles. The highest BCUT2D eigenvalue weighted by Gasteiger charge is 2.27. The molecule has 24 heavy (non-hydrogen) atoms. The number of carbonyl (C=O) groups is 2. The predicted octanol–water partition coefficient (Wildman–Crippen LogP) is 2.13. The molecular formula is C16H22FNO6. The summed E-state index contributed by atoms with van der Waals surface area (Å²) in [6, 6.07) is 3.36. The average Bonchev–Trinajstić information content (AvgIpc) is 2.46. The first-order chi connectivity index (χ1) is 11.0. The van der Waals surface area contributed by atoms with Gasteiger partial charge in [0.2, 0.25) is 0 Å². The lowest BCUT2D eigenvalue weighted by atomic mass is 10.0. The van der Waals surface area contributed by atoms with Crippen LogP contribution in [0.25, 0.3) is 0 Å². The highest BCUT2D eigenvalue weighted by atomic mass is 19.1. The molecular weight excluding hydrogens is 321 g/mol. The number of rotatable bonds is 5. The minimum Gasteiger partial charge on any atom is -0.464 e. The Balaban J connectivity index is 2.84. The summed E-state index contributed by atoms with van der Waals surface area (Å²) >= 11 is 0. The third-order valence-electron chi connectivity index (χ3n) is 2.80. The van der Waals surface area contributed by atoms with E-state index in [2.05, 4.69) is 10.1 Å². The number of aliphatic hydroxyl groups excluding tert-OH is 2. The molecule has 0 aliphatic carbocycles. The fourth-order valence-electron chi connectivity index (χ4n) is 1.77. The molecule has 0 saturated heterocycles. The van der Waals surface area contributed by atoms with Crippen molar-refractivity contribution in [1.29, 1.82) is 0 Å². The van der Waals surface area contributed by atoms with Crippen LogP contribution in [0.4, 0.5) is 14.9 Å². The Morgan fingerprint density at radius 1 is 1.29 bits per heavy atom. The number of benzene rings is 1. The van der Waals surface area contributed by atoms with Crippen molar-refractivity contribution in [2.75, 3.05) is 11.9 Å². The summed E-state index contributed by atoms with van der Waals surface area (Å²) in [4.78, 5) is 23.0. The van der Waals surface area contributed by atoms with Gasteiger partial charge >= 0.3 is 12.1 Å². The molecule has 0 aliphatic rings. The Hall–Kier alpha value is -2.19. The Kier molecular flexibility index (Phi) is 6.68. The van der Waals surface area contributed by atoms with Gasteiger partial charge in [-0.15, -0.1) is 0 Å². The van der Waals surface area contributed by atoms with Gasteiger partial charge < -0.3 is 19.7 Å². The highest BCUT2D eigenvalue weighted by molar-refractivity contribution is 5.85. The molecule has 134 valence electrons. The molecule has 2 unspecified atom stereocenters. The maximum atomic E-state index is 14.0. The quantitative estimate of drug-likeness (QED) is 0.708. The average molecular weight is 343 g/mol. The molecule has 1 rings (SSSR count). The van der Waals surface area contributed by atoms with Gasteiger partial charge in [0.05, 0.1) is 12.3 Å². The third kappa shape index (κ3) is 5.78. The van der Waals surface area contributed by atoms with Gasteiger partial charge in [0, 0.05) is 0 Å². The van der Waals surface area contributed by atoms with E-state index >= 15 is 0 Å². The van der Waals surface area contributed by atoms with Crippen LogP contribution in [0, 0.1) is 5.82 Å². The Labute approximate surface area is 139 Å². The summed E-state index contributed by atoms with van der Waals surface area (Å²) < 4.78 is 23.6. The summed E-state index contributed by atoms with van der Waals surface area (Å²) in [6.07, 6.45) is -4.33. The van der Waals surface area contributed by atoms with Crippen LogP contribution in [-0.4, -0.2) is 40.6 Å². The Morgan fingerprint density at radius 3 is 2.42 bits per heavy atom. The van der Waals surface area contributed by atoms with E-state index in [0.717, 1.165) is 6.07 Å². The van der Waals surface area contributed by atoms with E-state index in [0.29, 0.717) is 0 Å². The molecule has 0 aliphatic heterocycles. The van der Waals surface area contributed by atoms with Gasteiger partial charge in [-0.2, -0.15) is 0 Å². The van der Waals surface area contributed by atoms with Gasteiger partial charge in [-0.1, -0.05) is 6.07 Å². The predicted molar refractivity (Wildman–Crippen MR) is 83.9 cm³/mol. The fourth-order valence-corrected chi connectivity index (χ4v) is 1.77. The van der Waals surface area contributed by atoms with Crippen molar-refractivity contribution in [3.63, 3.8) is 0 Å². The number of anilines is 1. The van der Waals surface area contributed by atoms with Crippen molar-refractivity contribution in [2.45, 2.75) is 45.5 Å². The number of hydrogen-bond acceptors (Lipinski definition) is 6. The number of esters is 1. The largest absolute Gasteiger partial charge is 0.464 e. The van der Waals surface area contributed by atoms with Crippen LogP contribution in [-0.2, 0) is 14.3 Å². The number of carbonyl (C=O) groups excluding carboxylic acids is 2. The number of nitrogens with one attached hydrogen (secondary N) is 1.